The summed E-state index contributed by atoms with van der Waals surface area (Å²) in [5.41, 5.74) is 1.98. The average Bonchev–Trinajstić information content (AvgIpc) is 2.89. The molecule has 1 aromatic rings. The minimum absolute atomic E-state index is 0.0878. The van der Waals surface area contributed by atoms with Gasteiger partial charge in [0.15, 0.2) is 0 Å². The van der Waals surface area contributed by atoms with E-state index in [0.29, 0.717) is 12.6 Å². The first-order valence-electron chi connectivity index (χ1n) is 7.63. The number of carbonyl (C=O) groups is 1. The number of likely N-dealkylation sites (tertiary alicyclic amines) is 1. The SMILES string of the molecule is Cc1cc(Br)ccc1NC(=O)CN1CCC2NCCC2C1. The van der Waals surface area contributed by atoms with Crippen LogP contribution in [0.2, 0.25) is 0 Å². The van der Waals surface area contributed by atoms with Gasteiger partial charge >= 0.3 is 0 Å². The zero-order chi connectivity index (χ0) is 14.8. The second-order valence-electron chi connectivity index (χ2n) is 6.14. The maximum absolute atomic E-state index is 12.2. The molecule has 5 heteroatoms. The van der Waals surface area contributed by atoms with Crippen LogP contribution in [-0.4, -0.2) is 43.0 Å². The van der Waals surface area contributed by atoms with E-state index in [2.05, 4.69) is 31.5 Å². The number of fused-ring (bicyclic) bond motifs is 1. The van der Waals surface area contributed by atoms with E-state index in [4.69, 9.17) is 0 Å². The Kier molecular flexibility index (Phi) is 4.62. The topological polar surface area (TPSA) is 44.4 Å². The summed E-state index contributed by atoms with van der Waals surface area (Å²) < 4.78 is 1.04. The Labute approximate surface area is 134 Å². The van der Waals surface area contributed by atoms with Gasteiger partial charge in [-0.2, -0.15) is 0 Å². The van der Waals surface area contributed by atoms with Crippen LogP contribution < -0.4 is 10.6 Å². The molecule has 2 aliphatic heterocycles. The van der Waals surface area contributed by atoms with E-state index in [0.717, 1.165) is 47.7 Å². The molecule has 21 heavy (non-hydrogen) atoms. The first-order valence-corrected chi connectivity index (χ1v) is 8.43. The Bertz CT molecular complexity index is 534. The molecule has 1 aromatic carbocycles. The molecule has 3 rings (SSSR count). The van der Waals surface area contributed by atoms with Crippen molar-refractivity contribution in [2.24, 2.45) is 5.92 Å². The molecule has 0 bridgehead atoms. The predicted molar refractivity (Wildman–Crippen MR) is 88.5 cm³/mol. The van der Waals surface area contributed by atoms with Crippen LogP contribution in [0.5, 0.6) is 0 Å². The second kappa shape index (κ2) is 6.46. The highest BCUT2D eigenvalue weighted by Crippen LogP contribution is 2.24. The molecule has 114 valence electrons. The summed E-state index contributed by atoms with van der Waals surface area (Å²) in [5, 5.41) is 6.58. The normalized spacial score (nSPS) is 25.6. The van der Waals surface area contributed by atoms with Gasteiger partial charge in [-0.15, -0.1) is 0 Å². The summed E-state index contributed by atoms with van der Waals surface area (Å²) in [5.74, 6) is 0.811. The third kappa shape index (κ3) is 3.65. The van der Waals surface area contributed by atoms with E-state index in [1.807, 2.05) is 25.1 Å². The number of nitrogens with one attached hydrogen (secondary N) is 2. The number of halogens is 1. The van der Waals surface area contributed by atoms with E-state index in [9.17, 15) is 4.79 Å². The predicted octanol–water partition coefficient (Wildman–Crippen LogP) is 2.38. The van der Waals surface area contributed by atoms with Crippen LogP contribution in [0.3, 0.4) is 0 Å². The fraction of sp³-hybridized carbons (Fsp3) is 0.562. The van der Waals surface area contributed by atoms with Crippen LogP contribution in [0, 0.1) is 12.8 Å². The molecule has 0 aliphatic carbocycles. The molecule has 2 heterocycles. The monoisotopic (exact) mass is 351 g/mol. The standard InChI is InChI=1S/C16H22BrN3O/c1-11-8-13(17)2-3-14(11)19-16(21)10-20-7-5-15-12(9-20)4-6-18-15/h2-3,8,12,15,18H,4-7,9-10H2,1H3,(H,19,21). The summed E-state index contributed by atoms with van der Waals surface area (Å²) in [6.45, 7) is 5.70. The Hall–Kier alpha value is -0.910. The lowest BCUT2D eigenvalue weighted by Gasteiger charge is -2.34. The highest BCUT2D eigenvalue weighted by atomic mass is 79.9. The molecule has 2 unspecified atom stereocenters. The van der Waals surface area contributed by atoms with Crippen molar-refractivity contribution in [1.82, 2.24) is 10.2 Å². The summed E-state index contributed by atoms with van der Waals surface area (Å²) in [6.07, 6.45) is 2.41. The van der Waals surface area contributed by atoms with Crippen molar-refractivity contribution in [3.8, 4) is 0 Å². The molecule has 2 fully saturated rings. The molecule has 4 nitrogen and oxygen atoms in total. The van der Waals surface area contributed by atoms with Crippen LogP contribution in [0.4, 0.5) is 5.69 Å². The second-order valence-corrected chi connectivity index (χ2v) is 7.06. The number of carbonyl (C=O) groups excluding carboxylic acids is 1. The molecule has 0 radical (unpaired) electrons. The lowest BCUT2D eigenvalue weighted by molar-refractivity contribution is -0.117. The fourth-order valence-corrected chi connectivity index (χ4v) is 3.90. The molecule has 2 saturated heterocycles. The number of hydrogen-bond donors (Lipinski definition) is 2. The Balaban J connectivity index is 1.54. The zero-order valence-corrected chi connectivity index (χ0v) is 13.9. The van der Waals surface area contributed by atoms with Crippen LogP contribution in [0.15, 0.2) is 22.7 Å². The summed E-state index contributed by atoms with van der Waals surface area (Å²) >= 11 is 3.44. The van der Waals surface area contributed by atoms with Gasteiger partial charge in [-0.25, -0.2) is 0 Å². The number of benzene rings is 1. The Morgan fingerprint density at radius 1 is 1.48 bits per heavy atom. The van der Waals surface area contributed by atoms with Gasteiger partial charge in [0.05, 0.1) is 6.54 Å². The quantitative estimate of drug-likeness (QED) is 0.878. The van der Waals surface area contributed by atoms with Crippen molar-refractivity contribution in [2.45, 2.75) is 25.8 Å². The van der Waals surface area contributed by atoms with Crippen LogP contribution in [0.25, 0.3) is 0 Å². The number of amides is 1. The number of piperidine rings is 1. The van der Waals surface area contributed by atoms with Crippen LogP contribution in [-0.2, 0) is 4.79 Å². The molecular formula is C16H22BrN3O. The Morgan fingerprint density at radius 3 is 3.14 bits per heavy atom. The maximum atomic E-state index is 12.2. The van der Waals surface area contributed by atoms with Gasteiger partial charge in [-0.05, 0) is 56.0 Å². The van der Waals surface area contributed by atoms with Crippen molar-refractivity contribution in [2.75, 3.05) is 31.5 Å². The van der Waals surface area contributed by atoms with E-state index in [1.54, 1.807) is 0 Å². The van der Waals surface area contributed by atoms with Crippen molar-refractivity contribution >= 4 is 27.5 Å². The maximum Gasteiger partial charge on any atom is 0.238 e. The summed E-state index contributed by atoms with van der Waals surface area (Å²) in [6, 6.07) is 6.60. The zero-order valence-electron chi connectivity index (χ0n) is 12.4. The molecule has 0 spiro atoms. The summed E-state index contributed by atoms with van der Waals surface area (Å²) in [4.78, 5) is 14.5. The van der Waals surface area contributed by atoms with Crippen molar-refractivity contribution in [3.63, 3.8) is 0 Å². The van der Waals surface area contributed by atoms with E-state index >= 15 is 0 Å². The molecular weight excluding hydrogens is 330 g/mol. The van der Waals surface area contributed by atoms with Crippen molar-refractivity contribution < 1.29 is 4.79 Å². The number of hydrogen-bond acceptors (Lipinski definition) is 3. The van der Waals surface area contributed by atoms with Crippen LogP contribution in [0.1, 0.15) is 18.4 Å². The van der Waals surface area contributed by atoms with Gasteiger partial charge in [0.25, 0.3) is 0 Å². The van der Waals surface area contributed by atoms with Gasteiger partial charge in [0, 0.05) is 29.3 Å². The van der Waals surface area contributed by atoms with Gasteiger partial charge in [0.2, 0.25) is 5.91 Å². The first-order chi connectivity index (χ1) is 10.1. The number of aryl methyl sites for hydroxylation is 1. The van der Waals surface area contributed by atoms with Gasteiger partial charge in [0.1, 0.15) is 0 Å². The molecule has 2 atom stereocenters. The van der Waals surface area contributed by atoms with Gasteiger partial charge in [-0.1, -0.05) is 15.9 Å². The lowest BCUT2D eigenvalue weighted by atomic mass is 9.93. The Morgan fingerprint density at radius 2 is 2.33 bits per heavy atom. The van der Waals surface area contributed by atoms with Gasteiger partial charge in [-0.3, -0.25) is 9.69 Å². The fourth-order valence-electron chi connectivity index (χ4n) is 3.43. The molecule has 0 aromatic heterocycles. The van der Waals surface area contributed by atoms with Crippen molar-refractivity contribution in [1.29, 1.82) is 0 Å². The molecule has 1 amide bonds. The third-order valence-electron chi connectivity index (χ3n) is 4.57. The largest absolute Gasteiger partial charge is 0.325 e. The van der Waals surface area contributed by atoms with Crippen molar-refractivity contribution in [3.05, 3.63) is 28.2 Å². The number of nitrogens with zero attached hydrogens (tertiary/aromatic N) is 1. The smallest absolute Gasteiger partial charge is 0.238 e. The first kappa shape index (κ1) is 15.0. The van der Waals surface area contributed by atoms with E-state index in [1.165, 1.54) is 6.42 Å². The average molecular weight is 352 g/mol. The van der Waals surface area contributed by atoms with Gasteiger partial charge < -0.3 is 10.6 Å². The third-order valence-corrected chi connectivity index (χ3v) is 5.06. The van der Waals surface area contributed by atoms with E-state index in [-0.39, 0.29) is 5.91 Å². The highest BCUT2D eigenvalue weighted by Gasteiger charge is 2.32. The minimum atomic E-state index is 0.0878. The lowest BCUT2D eigenvalue weighted by Crippen LogP contribution is -2.46. The molecule has 2 N–H and O–H groups in total. The summed E-state index contributed by atoms with van der Waals surface area (Å²) in [7, 11) is 0. The molecule has 2 aliphatic rings. The highest BCUT2D eigenvalue weighted by molar-refractivity contribution is 9.10. The van der Waals surface area contributed by atoms with Crippen LogP contribution >= 0.6 is 15.9 Å². The number of rotatable bonds is 3. The minimum Gasteiger partial charge on any atom is -0.325 e. The molecule has 0 saturated carbocycles. The number of anilines is 1. The van der Waals surface area contributed by atoms with E-state index < -0.39 is 0 Å².